The molecule has 17 heavy (non-hydrogen) atoms. The molecule has 0 fully saturated rings. The van der Waals surface area contributed by atoms with Crippen molar-refractivity contribution in [2.45, 2.75) is 19.5 Å². The van der Waals surface area contributed by atoms with Crippen LogP contribution in [0.2, 0.25) is 0 Å². The highest BCUT2D eigenvalue weighted by molar-refractivity contribution is 4.92. The molecule has 0 spiro atoms. The average Bonchev–Trinajstić information content (AvgIpc) is 2.95. The summed E-state index contributed by atoms with van der Waals surface area (Å²) < 4.78 is 30.3. The molecular weight excluding hydrogens is 232 g/mol. The van der Waals surface area contributed by atoms with Crippen molar-refractivity contribution < 1.29 is 13.3 Å². The lowest BCUT2D eigenvalue weighted by Crippen LogP contribution is -2.20. The number of aromatic nitrogens is 4. The lowest BCUT2D eigenvalue weighted by atomic mass is 10.4. The number of alkyl halides is 2. The summed E-state index contributed by atoms with van der Waals surface area (Å²) in [6.45, 7) is -1.73. The Hall–Kier alpha value is -1.83. The summed E-state index contributed by atoms with van der Waals surface area (Å²) in [4.78, 5) is 7.68. The van der Waals surface area contributed by atoms with Crippen LogP contribution in [-0.4, -0.2) is 26.2 Å². The van der Waals surface area contributed by atoms with Gasteiger partial charge in [-0.3, -0.25) is 4.57 Å². The maximum Gasteiger partial charge on any atom is 0.319 e. The monoisotopic (exact) mass is 243 g/mol. The van der Waals surface area contributed by atoms with Crippen molar-refractivity contribution in [2.75, 3.05) is 6.54 Å². The van der Waals surface area contributed by atoms with E-state index >= 15 is 0 Å². The smallest absolute Gasteiger partial charge is 0.319 e. The summed E-state index contributed by atoms with van der Waals surface area (Å²) in [6, 6.07) is 0. The Morgan fingerprint density at radius 2 is 2.29 bits per heavy atom. The van der Waals surface area contributed by atoms with Crippen LogP contribution in [-0.2, 0) is 13.0 Å². The predicted octanol–water partition coefficient (Wildman–Crippen LogP) is 0.993. The molecule has 2 aromatic heterocycles. The van der Waals surface area contributed by atoms with Gasteiger partial charge in [-0.05, 0) is 0 Å². The second-order valence-corrected chi connectivity index (χ2v) is 3.30. The van der Waals surface area contributed by atoms with Crippen LogP contribution in [0, 0.1) is 0 Å². The first-order valence-electron chi connectivity index (χ1n) is 5.03. The van der Waals surface area contributed by atoms with E-state index < -0.39 is 6.55 Å². The second-order valence-electron chi connectivity index (χ2n) is 3.30. The van der Waals surface area contributed by atoms with Gasteiger partial charge in [0.15, 0.2) is 5.82 Å². The Morgan fingerprint density at radius 1 is 1.41 bits per heavy atom. The SMILES string of the molecule is FC(F)n1ccnc1CNCCc1ncon1. The van der Waals surface area contributed by atoms with Gasteiger partial charge in [0.05, 0.1) is 6.54 Å². The molecule has 1 N–H and O–H groups in total. The molecule has 0 bridgehead atoms. The van der Waals surface area contributed by atoms with E-state index in [1.807, 2.05) is 0 Å². The van der Waals surface area contributed by atoms with Gasteiger partial charge < -0.3 is 9.84 Å². The second kappa shape index (κ2) is 5.48. The fourth-order valence-corrected chi connectivity index (χ4v) is 1.36. The number of halogens is 2. The van der Waals surface area contributed by atoms with Crippen molar-refractivity contribution in [1.82, 2.24) is 25.0 Å². The number of hydrogen-bond donors (Lipinski definition) is 1. The number of hydrogen-bond acceptors (Lipinski definition) is 5. The number of nitrogens with one attached hydrogen (secondary N) is 1. The summed E-state index contributed by atoms with van der Waals surface area (Å²) in [7, 11) is 0. The normalized spacial score (nSPS) is 11.2. The zero-order valence-corrected chi connectivity index (χ0v) is 8.88. The maximum atomic E-state index is 12.5. The molecule has 2 rings (SSSR count). The number of imidazole rings is 1. The molecule has 0 aromatic carbocycles. The molecule has 92 valence electrons. The van der Waals surface area contributed by atoms with E-state index in [1.165, 1.54) is 18.8 Å². The Labute approximate surface area is 95.7 Å². The topological polar surface area (TPSA) is 68.8 Å². The van der Waals surface area contributed by atoms with E-state index in [1.54, 1.807) is 0 Å². The van der Waals surface area contributed by atoms with Crippen LogP contribution in [0.5, 0.6) is 0 Å². The van der Waals surface area contributed by atoms with Crippen molar-refractivity contribution in [1.29, 1.82) is 0 Å². The molecule has 0 amide bonds. The zero-order chi connectivity index (χ0) is 12.1. The van der Waals surface area contributed by atoms with Crippen LogP contribution in [0.3, 0.4) is 0 Å². The van der Waals surface area contributed by atoms with Gasteiger partial charge in [-0.15, -0.1) is 0 Å². The fraction of sp³-hybridized carbons (Fsp3) is 0.444. The van der Waals surface area contributed by atoms with Gasteiger partial charge in [-0.1, -0.05) is 5.16 Å². The van der Waals surface area contributed by atoms with Gasteiger partial charge in [0, 0.05) is 25.4 Å². The summed E-state index contributed by atoms with van der Waals surface area (Å²) in [5, 5.41) is 6.61. The van der Waals surface area contributed by atoms with Crippen molar-refractivity contribution in [3.05, 3.63) is 30.4 Å². The third kappa shape index (κ3) is 3.06. The quantitative estimate of drug-likeness (QED) is 0.766. The van der Waals surface area contributed by atoms with Gasteiger partial charge in [-0.2, -0.15) is 13.8 Å². The Balaban J connectivity index is 1.76. The van der Waals surface area contributed by atoms with Crippen molar-refractivity contribution in [3.8, 4) is 0 Å². The highest BCUT2D eigenvalue weighted by Crippen LogP contribution is 2.11. The third-order valence-corrected chi connectivity index (χ3v) is 2.17. The van der Waals surface area contributed by atoms with Crippen LogP contribution in [0.4, 0.5) is 8.78 Å². The van der Waals surface area contributed by atoms with E-state index in [0.29, 0.717) is 24.6 Å². The molecule has 0 aliphatic heterocycles. The highest BCUT2D eigenvalue weighted by atomic mass is 19.3. The first-order chi connectivity index (χ1) is 8.27. The Morgan fingerprint density at radius 3 is 3.00 bits per heavy atom. The van der Waals surface area contributed by atoms with Gasteiger partial charge in [0.1, 0.15) is 5.82 Å². The van der Waals surface area contributed by atoms with Gasteiger partial charge in [-0.25, -0.2) is 4.98 Å². The lowest BCUT2D eigenvalue weighted by Gasteiger charge is -2.06. The predicted molar refractivity (Wildman–Crippen MR) is 53.2 cm³/mol. The van der Waals surface area contributed by atoms with Gasteiger partial charge >= 0.3 is 6.55 Å². The molecule has 6 nitrogen and oxygen atoms in total. The molecule has 0 aliphatic carbocycles. The molecule has 0 unspecified atom stereocenters. The summed E-state index contributed by atoms with van der Waals surface area (Å²) in [5.74, 6) is 0.878. The van der Waals surface area contributed by atoms with Crippen LogP contribution in [0.1, 0.15) is 18.2 Å². The molecule has 0 aliphatic rings. The molecule has 0 saturated heterocycles. The summed E-state index contributed by atoms with van der Waals surface area (Å²) >= 11 is 0. The molecule has 2 aromatic rings. The van der Waals surface area contributed by atoms with Crippen molar-refractivity contribution in [2.24, 2.45) is 0 Å². The molecular formula is C9H11F2N5O. The van der Waals surface area contributed by atoms with E-state index in [9.17, 15) is 8.78 Å². The third-order valence-electron chi connectivity index (χ3n) is 2.17. The highest BCUT2D eigenvalue weighted by Gasteiger charge is 2.10. The molecule has 8 heteroatoms. The van der Waals surface area contributed by atoms with E-state index in [0.717, 1.165) is 4.57 Å². The molecule has 0 saturated carbocycles. The summed E-state index contributed by atoms with van der Waals surface area (Å²) in [6.07, 6.45) is 4.42. The minimum Gasteiger partial charge on any atom is -0.343 e. The molecule has 2 heterocycles. The van der Waals surface area contributed by atoms with Crippen LogP contribution in [0.15, 0.2) is 23.3 Å². The average molecular weight is 243 g/mol. The standard InChI is InChI=1S/C9H11F2N5O/c10-9(11)16-4-3-13-8(16)5-12-2-1-7-14-6-17-15-7/h3-4,6,9,12H,1-2,5H2. The van der Waals surface area contributed by atoms with Crippen LogP contribution in [0.25, 0.3) is 0 Å². The molecule has 0 radical (unpaired) electrons. The summed E-state index contributed by atoms with van der Waals surface area (Å²) in [5.41, 5.74) is 0. The van der Waals surface area contributed by atoms with Crippen molar-refractivity contribution >= 4 is 0 Å². The van der Waals surface area contributed by atoms with E-state index in [4.69, 9.17) is 0 Å². The minimum atomic E-state index is -2.56. The fourth-order valence-electron chi connectivity index (χ4n) is 1.36. The Bertz CT molecular complexity index is 442. The van der Waals surface area contributed by atoms with Crippen molar-refractivity contribution in [3.63, 3.8) is 0 Å². The van der Waals surface area contributed by atoms with E-state index in [-0.39, 0.29) is 6.54 Å². The largest absolute Gasteiger partial charge is 0.343 e. The maximum absolute atomic E-state index is 12.5. The van der Waals surface area contributed by atoms with E-state index in [2.05, 4.69) is 25.0 Å². The van der Waals surface area contributed by atoms with Crippen LogP contribution < -0.4 is 5.32 Å². The van der Waals surface area contributed by atoms with Gasteiger partial charge in [0.25, 0.3) is 0 Å². The zero-order valence-electron chi connectivity index (χ0n) is 8.88. The lowest BCUT2D eigenvalue weighted by molar-refractivity contribution is 0.0666. The van der Waals surface area contributed by atoms with Gasteiger partial charge in [0.2, 0.25) is 6.39 Å². The molecule has 0 atom stereocenters. The number of rotatable bonds is 6. The number of nitrogens with zero attached hydrogens (tertiary/aromatic N) is 4. The first kappa shape index (κ1) is 11.6. The van der Waals surface area contributed by atoms with Crippen LogP contribution >= 0.6 is 0 Å². The Kier molecular flexibility index (Phi) is 3.76. The first-order valence-corrected chi connectivity index (χ1v) is 5.03. The minimum absolute atomic E-state index is 0.273.